The fourth-order valence-electron chi connectivity index (χ4n) is 5.48. The highest BCUT2D eigenvalue weighted by atomic mass is 31.2. The summed E-state index contributed by atoms with van der Waals surface area (Å²) in [6.07, 6.45) is 36.5. The molecule has 0 rings (SSSR count). The van der Waals surface area contributed by atoms with Crippen LogP contribution in [0.5, 0.6) is 0 Å². The van der Waals surface area contributed by atoms with Crippen molar-refractivity contribution in [2.45, 2.75) is 200 Å². The smallest absolute Gasteiger partial charge is 0.379 e. The molecule has 0 unspecified atom stereocenters. The molecule has 0 aliphatic carbocycles. The molecule has 6 nitrogen and oxygen atoms in total. The van der Waals surface area contributed by atoms with Crippen LogP contribution in [-0.4, -0.2) is 42.3 Å². The molecular weight excluding hydrogens is 547 g/mol. The van der Waals surface area contributed by atoms with E-state index in [0.29, 0.717) is 19.8 Å². The fourth-order valence-corrected chi connectivity index (χ4v) is 5.85. The topological polar surface area (TPSA) is 85.2 Å². The Balaban J connectivity index is 3.65. The van der Waals surface area contributed by atoms with Crippen molar-refractivity contribution in [3.63, 3.8) is 0 Å². The van der Waals surface area contributed by atoms with Crippen LogP contribution in [0.15, 0.2) is 0 Å². The van der Waals surface area contributed by atoms with Crippen molar-refractivity contribution < 1.29 is 28.3 Å². The van der Waals surface area contributed by atoms with Gasteiger partial charge in [0.25, 0.3) is 0 Å². The van der Waals surface area contributed by atoms with Crippen LogP contribution in [-0.2, 0) is 18.6 Å². The highest BCUT2D eigenvalue weighted by Gasteiger charge is 2.19. The quantitative estimate of drug-likeness (QED) is 0.0535. The van der Waals surface area contributed by atoms with E-state index in [-0.39, 0.29) is 6.61 Å². The molecule has 254 valence electrons. The zero-order valence-electron chi connectivity index (χ0n) is 28.2. The second kappa shape index (κ2) is 33.9. The maximum atomic E-state index is 11.1. The molecule has 0 aromatic carbocycles. The second-order valence-corrected chi connectivity index (χ2v) is 13.8. The van der Waals surface area contributed by atoms with Gasteiger partial charge in [-0.05, 0) is 12.8 Å². The molecule has 0 aliphatic heterocycles. The summed E-state index contributed by atoms with van der Waals surface area (Å²) in [6, 6.07) is 0. The fraction of sp³-hybridized carbons (Fsp3) is 1.00. The molecule has 0 heterocycles. The molecule has 0 spiro atoms. The summed E-state index contributed by atoms with van der Waals surface area (Å²) >= 11 is 0. The zero-order chi connectivity index (χ0) is 30.8. The minimum absolute atomic E-state index is 0.137. The van der Waals surface area contributed by atoms with Gasteiger partial charge in [0.15, 0.2) is 0 Å². The number of rotatable bonds is 36. The summed E-state index contributed by atoms with van der Waals surface area (Å²) in [5, 5.41) is 0. The highest BCUT2D eigenvalue weighted by Crippen LogP contribution is 2.35. The van der Waals surface area contributed by atoms with E-state index in [1.807, 2.05) is 0 Å². The molecule has 1 atom stereocenters. The number of unbranched alkanes of at least 4 members (excludes halogenated alkanes) is 26. The van der Waals surface area contributed by atoms with E-state index in [1.54, 1.807) is 0 Å². The molecule has 2 N–H and O–H groups in total. The third-order valence-electron chi connectivity index (χ3n) is 8.23. The molecule has 42 heavy (non-hydrogen) atoms. The molecule has 0 fully saturated rings. The minimum atomic E-state index is -4.51. The first-order valence-electron chi connectivity index (χ1n) is 18.4. The van der Waals surface area contributed by atoms with E-state index < -0.39 is 13.9 Å². The average molecular weight is 621 g/mol. The molecule has 0 amide bonds. The van der Waals surface area contributed by atoms with Gasteiger partial charge < -0.3 is 19.3 Å². The summed E-state index contributed by atoms with van der Waals surface area (Å²) in [6.45, 7) is 5.96. The Morgan fingerprint density at radius 3 is 1.10 bits per heavy atom. The summed E-state index contributed by atoms with van der Waals surface area (Å²) < 4.78 is 27.5. The Hall–Kier alpha value is 0.0300. The van der Waals surface area contributed by atoms with Gasteiger partial charge in [-0.3, -0.25) is 4.52 Å². The highest BCUT2D eigenvalue weighted by molar-refractivity contribution is 7.46. The van der Waals surface area contributed by atoms with Crippen molar-refractivity contribution in [1.29, 1.82) is 0 Å². The number of phosphoric ester groups is 1. The third kappa shape index (κ3) is 36.2. The van der Waals surface area contributed by atoms with Gasteiger partial charge in [-0.1, -0.05) is 181 Å². The Morgan fingerprint density at radius 2 is 0.762 bits per heavy atom. The van der Waals surface area contributed by atoms with Gasteiger partial charge in [-0.25, -0.2) is 4.57 Å². The van der Waals surface area contributed by atoms with E-state index >= 15 is 0 Å². The lowest BCUT2D eigenvalue weighted by Crippen LogP contribution is -2.26. The third-order valence-corrected chi connectivity index (χ3v) is 8.71. The lowest BCUT2D eigenvalue weighted by Gasteiger charge is -2.18. The predicted octanol–water partition coefficient (Wildman–Crippen LogP) is 11.5. The molecular formula is C35H73O6P. The summed E-state index contributed by atoms with van der Waals surface area (Å²) in [5.74, 6) is 0. The lowest BCUT2D eigenvalue weighted by molar-refractivity contribution is -0.0429. The summed E-state index contributed by atoms with van der Waals surface area (Å²) in [5.41, 5.74) is 0. The average Bonchev–Trinajstić information content (AvgIpc) is 2.96. The second-order valence-electron chi connectivity index (χ2n) is 12.5. The predicted molar refractivity (Wildman–Crippen MR) is 179 cm³/mol. The van der Waals surface area contributed by atoms with E-state index in [1.165, 1.54) is 161 Å². The Kier molecular flexibility index (Phi) is 33.9. The normalized spacial score (nSPS) is 12.8. The Bertz CT molecular complexity index is 556. The van der Waals surface area contributed by atoms with Crippen LogP contribution in [0.2, 0.25) is 0 Å². The van der Waals surface area contributed by atoms with Gasteiger partial charge >= 0.3 is 7.82 Å². The number of phosphoric acid groups is 1. The van der Waals surface area contributed by atoms with Crippen molar-refractivity contribution >= 4 is 7.82 Å². The van der Waals surface area contributed by atoms with Gasteiger partial charge in [0.1, 0.15) is 6.10 Å². The van der Waals surface area contributed by atoms with Crippen molar-refractivity contribution in [2.24, 2.45) is 0 Å². The molecule has 0 aromatic heterocycles. The lowest BCUT2D eigenvalue weighted by atomic mass is 10.0. The van der Waals surface area contributed by atoms with Gasteiger partial charge in [0.05, 0.1) is 13.2 Å². The van der Waals surface area contributed by atoms with Crippen molar-refractivity contribution in [2.75, 3.05) is 26.4 Å². The van der Waals surface area contributed by atoms with Gasteiger partial charge in [-0.2, -0.15) is 0 Å². The van der Waals surface area contributed by atoms with Crippen LogP contribution in [0, 0.1) is 0 Å². The van der Waals surface area contributed by atoms with E-state index in [0.717, 1.165) is 19.3 Å². The first-order chi connectivity index (χ1) is 20.5. The summed E-state index contributed by atoms with van der Waals surface area (Å²) in [7, 11) is -4.51. The van der Waals surface area contributed by atoms with E-state index in [9.17, 15) is 4.57 Å². The van der Waals surface area contributed by atoms with Crippen molar-refractivity contribution in [3.8, 4) is 0 Å². The van der Waals surface area contributed by atoms with Crippen LogP contribution >= 0.6 is 7.82 Å². The maximum absolute atomic E-state index is 11.1. The monoisotopic (exact) mass is 621 g/mol. The number of hydrogen-bond acceptors (Lipinski definition) is 4. The molecule has 0 saturated carbocycles. The molecule has 0 bridgehead atoms. The maximum Gasteiger partial charge on any atom is 0.469 e. The first-order valence-corrected chi connectivity index (χ1v) is 19.9. The van der Waals surface area contributed by atoms with Crippen LogP contribution in [0.4, 0.5) is 0 Å². The van der Waals surface area contributed by atoms with Crippen LogP contribution in [0.1, 0.15) is 194 Å². The van der Waals surface area contributed by atoms with Crippen molar-refractivity contribution in [3.05, 3.63) is 0 Å². The van der Waals surface area contributed by atoms with Gasteiger partial charge in [0, 0.05) is 13.2 Å². The van der Waals surface area contributed by atoms with Crippen molar-refractivity contribution in [1.82, 2.24) is 0 Å². The molecule has 0 aliphatic rings. The van der Waals surface area contributed by atoms with Crippen LogP contribution in [0.25, 0.3) is 0 Å². The first kappa shape index (κ1) is 42.0. The molecule has 0 radical (unpaired) electrons. The van der Waals surface area contributed by atoms with Gasteiger partial charge in [-0.15, -0.1) is 0 Å². The number of hydrogen-bond donors (Lipinski definition) is 2. The van der Waals surface area contributed by atoms with E-state index in [4.69, 9.17) is 23.8 Å². The minimum Gasteiger partial charge on any atom is -0.379 e. The number of ether oxygens (including phenoxy) is 2. The van der Waals surface area contributed by atoms with Crippen LogP contribution < -0.4 is 0 Å². The Morgan fingerprint density at radius 1 is 0.452 bits per heavy atom. The van der Waals surface area contributed by atoms with E-state index in [2.05, 4.69) is 13.8 Å². The molecule has 7 heteroatoms. The van der Waals surface area contributed by atoms with Crippen LogP contribution in [0.3, 0.4) is 0 Å². The zero-order valence-corrected chi connectivity index (χ0v) is 29.1. The van der Waals surface area contributed by atoms with Gasteiger partial charge in [0.2, 0.25) is 0 Å². The largest absolute Gasteiger partial charge is 0.469 e. The molecule has 0 saturated heterocycles. The Labute approximate surface area is 262 Å². The molecule has 0 aromatic rings. The SMILES string of the molecule is CCCCCCCCCCCCCCCCOC[C@H](COP(=O)(O)O)OCCCCCCCCCCCCCCCC. The standard InChI is InChI=1S/C35H73O6P/c1-3-5-7-9-11-13-15-17-19-21-23-25-27-29-31-39-33-35(34-41-42(36,37)38)40-32-30-28-26-24-22-20-18-16-14-12-10-8-6-4-2/h35H,3-34H2,1-2H3,(H2,36,37,38)/t35-/m1/s1. The summed E-state index contributed by atoms with van der Waals surface area (Å²) in [4.78, 5) is 18.2.